The van der Waals surface area contributed by atoms with Crippen molar-refractivity contribution in [3.8, 4) is 0 Å². The molecule has 1 fully saturated rings. The predicted molar refractivity (Wildman–Crippen MR) is 74.6 cm³/mol. The second-order valence-electron chi connectivity index (χ2n) is 5.20. The van der Waals surface area contributed by atoms with Gasteiger partial charge in [0.15, 0.2) is 5.03 Å². The third-order valence-corrected chi connectivity index (χ3v) is 5.30. The van der Waals surface area contributed by atoms with Crippen molar-refractivity contribution in [3.63, 3.8) is 0 Å². The summed E-state index contributed by atoms with van der Waals surface area (Å²) in [7, 11) is -1.61. The number of aliphatic hydroxyl groups is 1. The average molecular weight is 302 g/mol. The van der Waals surface area contributed by atoms with E-state index in [0.717, 1.165) is 0 Å². The number of aromatic nitrogens is 2. The predicted octanol–water partition coefficient (Wildman–Crippen LogP) is 0.0547. The van der Waals surface area contributed by atoms with E-state index in [2.05, 4.69) is 19.8 Å². The van der Waals surface area contributed by atoms with Gasteiger partial charge in [0.1, 0.15) is 0 Å². The number of rotatable bonds is 7. The lowest BCUT2D eigenvalue weighted by molar-refractivity contribution is 0.249. The highest BCUT2D eigenvalue weighted by atomic mass is 32.2. The molecule has 1 aliphatic rings. The van der Waals surface area contributed by atoms with Gasteiger partial charge < -0.3 is 10.0 Å². The molecule has 0 aromatic carbocycles. The third kappa shape index (κ3) is 3.57. The molecule has 114 valence electrons. The Kier molecular flexibility index (Phi) is 5.14. The second-order valence-corrected chi connectivity index (χ2v) is 6.90. The van der Waals surface area contributed by atoms with Crippen molar-refractivity contribution < 1.29 is 13.5 Å². The van der Waals surface area contributed by atoms with Gasteiger partial charge in [-0.25, -0.2) is 13.1 Å². The Bertz CT molecular complexity index is 523. The van der Waals surface area contributed by atoms with E-state index in [1.165, 1.54) is 31.9 Å². The number of H-pyrrole nitrogens is 1. The lowest BCUT2D eigenvalue weighted by atomic mass is 10.2. The van der Waals surface area contributed by atoms with Crippen LogP contribution in [0.1, 0.15) is 31.2 Å². The van der Waals surface area contributed by atoms with Crippen molar-refractivity contribution in [2.45, 2.75) is 43.4 Å². The first-order valence-electron chi connectivity index (χ1n) is 6.87. The Hall–Kier alpha value is -0.960. The molecule has 8 heteroatoms. The van der Waals surface area contributed by atoms with Crippen molar-refractivity contribution in [3.05, 3.63) is 11.8 Å². The Labute approximate surface area is 119 Å². The van der Waals surface area contributed by atoms with Crippen LogP contribution in [0.25, 0.3) is 0 Å². The summed E-state index contributed by atoms with van der Waals surface area (Å²) < 4.78 is 26.7. The van der Waals surface area contributed by atoms with Gasteiger partial charge in [0, 0.05) is 24.7 Å². The zero-order chi connectivity index (χ0) is 14.6. The van der Waals surface area contributed by atoms with Crippen molar-refractivity contribution in [2.75, 3.05) is 20.1 Å². The summed E-state index contributed by atoms with van der Waals surface area (Å²) in [5.74, 6) is 0. The number of likely N-dealkylation sites (N-methyl/N-ethyl adjacent to an activating group) is 1. The second kappa shape index (κ2) is 6.66. The Morgan fingerprint density at radius 2 is 2.20 bits per heavy atom. The summed E-state index contributed by atoms with van der Waals surface area (Å²) in [6.45, 7) is 0.667. The highest BCUT2D eigenvalue weighted by Gasteiger charge is 2.22. The summed E-state index contributed by atoms with van der Waals surface area (Å²) in [5, 5.41) is 15.1. The van der Waals surface area contributed by atoms with Gasteiger partial charge in [0.2, 0.25) is 0 Å². The van der Waals surface area contributed by atoms with E-state index in [9.17, 15) is 8.42 Å². The molecule has 0 amide bonds. The van der Waals surface area contributed by atoms with E-state index in [-0.39, 0.29) is 17.2 Å². The van der Waals surface area contributed by atoms with Gasteiger partial charge in [0.05, 0.1) is 12.8 Å². The van der Waals surface area contributed by atoms with Gasteiger partial charge in [-0.05, 0) is 19.9 Å². The first-order valence-corrected chi connectivity index (χ1v) is 8.36. The summed E-state index contributed by atoms with van der Waals surface area (Å²) in [5.41, 5.74) is 0.279. The third-order valence-electron chi connectivity index (χ3n) is 3.82. The summed E-state index contributed by atoms with van der Waals surface area (Å²) in [6.07, 6.45) is 6.22. The number of aliphatic hydroxyl groups excluding tert-OH is 1. The summed E-state index contributed by atoms with van der Waals surface area (Å²) >= 11 is 0. The van der Waals surface area contributed by atoms with Crippen LogP contribution in [0, 0.1) is 0 Å². The Morgan fingerprint density at radius 3 is 2.85 bits per heavy atom. The van der Waals surface area contributed by atoms with Crippen LogP contribution >= 0.6 is 0 Å². The smallest absolute Gasteiger partial charge is 0.257 e. The molecular formula is C12H22N4O3S. The minimum absolute atomic E-state index is 0.0523. The molecular weight excluding hydrogens is 280 g/mol. The van der Waals surface area contributed by atoms with Crippen molar-refractivity contribution >= 4 is 10.0 Å². The highest BCUT2D eigenvalue weighted by molar-refractivity contribution is 7.89. The van der Waals surface area contributed by atoms with Gasteiger partial charge in [0.25, 0.3) is 10.0 Å². The van der Waals surface area contributed by atoms with Crippen molar-refractivity contribution in [2.24, 2.45) is 0 Å². The number of nitrogens with one attached hydrogen (secondary N) is 2. The fourth-order valence-electron chi connectivity index (χ4n) is 2.60. The fraction of sp³-hybridized carbons (Fsp3) is 0.750. The van der Waals surface area contributed by atoms with Crippen LogP contribution in [-0.4, -0.2) is 54.8 Å². The van der Waals surface area contributed by atoms with Crippen LogP contribution < -0.4 is 4.72 Å². The molecule has 0 unspecified atom stereocenters. The topological polar surface area (TPSA) is 98.3 Å². The van der Waals surface area contributed by atoms with E-state index in [1.54, 1.807) is 0 Å². The molecule has 1 saturated carbocycles. The van der Waals surface area contributed by atoms with Crippen LogP contribution in [0.2, 0.25) is 0 Å². The maximum Gasteiger partial charge on any atom is 0.257 e. The summed E-state index contributed by atoms with van der Waals surface area (Å²) in [6, 6.07) is 0.569. The lowest BCUT2D eigenvalue weighted by Gasteiger charge is -2.23. The summed E-state index contributed by atoms with van der Waals surface area (Å²) in [4.78, 5) is 2.20. The fourth-order valence-corrected chi connectivity index (χ4v) is 3.74. The van der Waals surface area contributed by atoms with E-state index >= 15 is 0 Å². The molecule has 0 aliphatic heterocycles. The molecule has 2 rings (SSSR count). The number of hydrogen-bond donors (Lipinski definition) is 3. The van der Waals surface area contributed by atoms with Gasteiger partial charge in [-0.3, -0.25) is 5.10 Å². The highest BCUT2D eigenvalue weighted by Crippen LogP contribution is 2.21. The van der Waals surface area contributed by atoms with E-state index < -0.39 is 10.0 Å². The molecule has 0 saturated heterocycles. The van der Waals surface area contributed by atoms with Crippen LogP contribution in [0.15, 0.2) is 11.2 Å². The monoisotopic (exact) mass is 302 g/mol. The molecule has 20 heavy (non-hydrogen) atoms. The molecule has 3 N–H and O–H groups in total. The van der Waals surface area contributed by atoms with Crippen LogP contribution in [-0.2, 0) is 16.6 Å². The Morgan fingerprint density at radius 1 is 1.50 bits per heavy atom. The molecule has 1 aromatic heterocycles. The first kappa shape index (κ1) is 15.4. The molecule has 1 aliphatic carbocycles. The maximum absolute atomic E-state index is 12.1. The van der Waals surface area contributed by atoms with Crippen LogP contribution in [0.4, 0.5) is 0 Å². The van der Waals surface area contributed by atoms with Crippen molar-refractivity contribution in [1.82, 2.24) is 19.8 Å². The van der Waals surface area contributed by atoms with E-state index in [0.29, 0.717) is 19.1 Å². The maximum atomic E-state index is 12.1. The van der Waals surface area contributed by atoms with E-state index in [1.807, 2.05) is 7.05 Å². The zero-order valence-electron chi connectivity index (χ0n) is 11.7. The normalized spacial score (nSPS) is 17.1. The molecule has 0 atom stereocenters. The standard InChI is InChI=1S/C12H22N4O3S/c1-16(11-4-2-3-5-11)7-6-14-20(18,19)12-10(9-17)8-13-15-12/h8,11,14,17H,2-7,9H2,1H3,(H,13,15). The molecule has 0 bridgehead atoms. The number of sulfonamides is 1. The number of hydrogen-bond acceptors (Lipinski definition) is 5. The van der Waals surface area contributed by atoms with Gasteiger partial charge >= 0.3 is 0 Å². The largest absolute Gasteiger partial charge is 0.392 e. The number of nitrogens with zero attached hydrogens (tertiary/aromatic N) is 2. The van der Waals surface area contributed by atoms with E-state index in [4.69, 9.17) is 5.11 Å². The minimum Gasteiger partial charge on any atom is -0.392 e. The first-order chi connectivity index (χ1) is 9.54. The average Bonchev–Trinajstić information content (AvgIpc) is 3.09. The molecule has 1 aromatic rings. The van der Waals surface area contributed by atoms with Crippen LogP contribution in [0.3, 0.4) is 0 Å². The number of aromatic amines is 1. The van der Waals surface area contributed by atoms with Crippen LogP contribution in [0.5, 0.6) is 0 Å². The SMILES string of the molecule is CN(CCNS(=O)(=O)c1[nH]ncc1CO)C1CCCC1. The Balaban J connectivity index is 1.86. The lowest BCUT2D eigenvalue weighted by Crippen LogP contribution is -2.37. The quantitative estimate of drug-likeness (QED) is 0.661. The van der Waals surface area contributed by atoms with Gasteiger partial charge in [-0.2, -0.15) is 5.10 Å². The zero-order valence-corrected chi connectivity index (χ0v) is 12.5. The molecule has 0 radical (unpaired) electrons. The molecule has 7 nitrogen and oxygen atoms in total. The van der Waals surface area contributed by atoms with Gasteiger partial charge in [-0.15, -0.1) is 0 Å². The van der Waals surface area contributed by atoms with Gasteiger partial charge in [-0.1, -0.05) is 12.8 Å². The van der Waals surface area contributed by atoms with Crippen molar-refractivity contribution in [1.29, 1.82) is 0 Å². The molecule has 1 heterocycles. The molecule has 0 spiro atoms. The minimum atomic E-state index is -3.63.